The lowest BCUT2D eigenvalue weighted by Crippen LogP contribution is -2.30. The zero-order chi connectivity index (χ0) is 12.8. The highest BCUT2D eigenvalue weighted by Gasteiger charge is 2.14. The zero-order valence-electron chi connectivity index (χ0n) is 9.45. The van der Waals surface area contributed by atoms with Gasteiger partial charge in [0.05, 0.1) is 0 Å². The summed E-state index contributed by atoms with van der Waals surface area (Å²) in [5, 5.41) is 11.2. The zero-order valence-corrected chi connectivity index (χ0v) is 9.45. The fraction of sp³-hybridized carbons (Fsp3) is 0.500. The van der Waals surface area contributed by atoms with Crippen molar-refractivity contribution in [1.29, 1.82) is 0 Å². The van der Waals surface area contributed by atoms with Crippen LogP contribution in [0.3, 0.4) is 0 Å². The summed E-state index contributed by atoms with van der Waals surface area (Å²) in [7, 11) is 0. The summed E-state index contributed by atoms with van der Waals surface area (Å²) in [6.07, 6.45) is 1.95. The molecule has 0 aliphatic rings. The van der Waals surface area contributed by atoms with Crippen LogP contribution in [0.4, 0.5) is 0 Å². The second-order valence-electron chi connectivity index (χ2n) is 3.74. The smallest absolute Gasteiger partial charge is 0.323 e. The number of aromatic amines is 2. The molecule has 0 spiro atoms. The molecule has 7 nitrogen and oxygen atoms in total. The molecule has 1 heterocycles. The molecule has 0 radical (unpaired) electrons. The molecule has 1 unspecified atom stereocenters. The Bertz CT molecular complexity index is 448. The van der Waals surface area contributed by atoms with Gasteiger partial charge < -0.3 is 20.4 Å². The Kier molecular flexibility index (Phi) is 4.50. The number of carbonyl (C=O) groups is 2. The van der Waals surface area contributed by atoms with Crippen LogP contribution in [0.5, 0.6) is 0 Å². The van der Waals surface area contributed by atoms with Crippen LogP contribution in [0, 0.1) is 5.92 Å². The number of hydrogen-bond acceptors (Lipinski definition) is 3. The maximum absolute atomic E-state index is 11.5. The monoisotopic (exact) mass is 241 g/mol. The molecule has 94 valence electrons. The first-order chi connectivity index (χ1) is 8.02. The molecule has 1 atom stereocenters. The van der Waals surface area contributed by atoms with Crippen molar-refractivity contribution in [3.05, 3.63) is 22.4 Å². The quantitative estimate of drug-likeness (QED) is 0.558. The van der Waals surface area contributed by atoms with Crippen LogP contribution in [-0.2, 0) is 4.79 Å². The fourth-order valence-electron chi connectivity index (χ4n) is 1.39. The third-order valence-corrected chi connectivity index (χ3v) is 2.43. The van der Waals surface area contributed by atoms with Gasteiger partial charge >= 0.3 is 11.7 Å². The first kappa shape index (κ1) is 13.0. The van der Waals surface area contributed by atoms with Gasteiger partial charge in [0.25, 0.3) is 5.91 Å². The number of H-pyrrole nitrogens is 2. The first-order valence-electron chi connectivity index (χ1n) is 5.30. The van der Waals surface area contributed by atoms with Crippen molar-refractivity contribution in [2.45, 2.75) is 19.8 Å². The first-order valence-corrected chi connectivity index (χ1v) is 5.30. The Morgan fingerprint density at radius 1 is 1.53 bits per heavy atom. The van der Waals surface area contributed by atoms with Crippen LogP contribution in [0.1, 0.15) is 30.3 Å². The summed E-state index contributed by atoms with van der Waals surface area (Å²) in [5.74, 6) is -1.42. The van der Waals surface area contributed by atoms with Gasteiger partial charge in [0.15, 0.2) is 0 Å². The second kappa shape index (κ2) is 5.88. The second-order valence-corrected chi connectivity index (χ2v) is 3.74. The lowest BCUT2D eigenvalue weighted by molar-refractivity contribution is -0.138. The lowest BCUT2D eigenvalue weighted by Gasteiger charge is -2.12. The molecule has 0 aliphatic carbocycles. The molecule has 0 aliphatic heterocycles. The summed E-state index contributed by atoms with van der Waals surface area (Å²) in [6.45, 7) is 2.13. The molecule has 1 amide bonds. The van der Waals surface area contributed by atoms with Gasteiger partial charge in [0.1, 0.15) is 5.69 Å². The number of aliphatic carboxylic acids is 1. The third kappa shape index (κ3) is 4.13. The summed E-state index contributed by atoms with van der Waals surface area (Å²) < 4.78 is 0. The van der Waals surface area contributed by atoms with E-state index in [0.717, 1.165) is 0 Å². The van der Waals surface area contributed by atoms with Gasteiger partial charge in [-0.3, -0.25) is 9.59 Å². The summed E-state index contributed by atoms with van der Waals surface area (Å²) in [5.41, 5.74) is -0.312. The minimum absolute atomic E-state index is 0.0143. The molecule has 4 N–H and O–H groups in total. The highest BCUT2D eigenvalue weighted by Crippen LogP contribution is 2.06. The number of carboxylic acid groups (broad SMARTS) is 1. The fourth-order valence-corrected chi connectivity index (χ4v) is 1.39. The van der Waals surface area contributed by atoms with Crippen molar-refractivity contribution >= 4 is 11.9 Å². The number of hydrogen-bond donors (Lipinski definition) is 4. The normalized spacial score (nSPS) is 12.1. The minimum Gasteiger partial charge on any atom is -0.481 e. The van der Waals surface area contributed by atoms with Gasteiger partial charge in [0.2, 0.25) is 0 Å². The SMILES string of the molecule is CCC(CNC(=O)c1c[nH]c(=O)[nH]1)CC(=O)O. The summed E-state index contributed by atoms with van der Waals surface area (Å²) in [4.78, 5) is 37.4. The van der Waals surface area contributed by atoms with E-state index in [4.69, 9.17) is 5.11 Å². The molecule has 1 rings (SSSR count). The molecular formula is C10H15N3O4. The van der Waals surface area contributed by atoms with Crippen LogP contribution >= 0.6 is 0 Å². The predicted molar refractivity (Wildman–Crippen MR) is 59.8 cm³/mol. The van der Waals surface area contributed by atoms with E-state index in [1.165, 1.54) is 6.20 Å². The number of imidazole rings is 1. The number of carbonyl (C=O) groups excluding carboxylic acids is 1. The molecule has 0 saturated carbocycles. The van der Waals surface area contributed by atoms with Crippen LogP contribution in [0.2, 0.25) is 0 Å². The molecule has 0 bridgehead atoms. The number of carboxylic acids is 1. The van der Waals surface area contributed by atoms with E-state index in [1.807, 2.05) is 6.92 Å². The number of rotatable bonds is 6. The maximum Gasteiger partial charge on any atom is 0.323 e. The standard InChI is InChI=1S/C10H15N3O4/c1-2-6(3-8(14)15)4-11-9(16)7-5-12-10(17)13-7/h5-6H,2-4H2,1H3,(H,11,16)(H,14,15)(H2,12,13,17). The van der Waals surface area contributed by atoms with Gasteiger partial charge in [-0.1, -0.05) is 13.3 Å². The van der Waals surface area contributed by atoms with Crippen molar-refractivity contribution in [2.24, 2.45) is 5.92 Å². The van der Waals surface area contributed by atoms with E-state index in [-0.39, 0.29) is 24.6 Å². The topological polar surface area (TPSA) is 115 Å². The van der Waals surface area contributed by atoms with Crippen molar-refractivity contribution in [3.63, 3.8) is 0 Å². The molecule has 1 aromatic rings. The Balaban J connectivity index is 2.46. The third-order valence-electron chi connectivity index (χ3n) is 2.43. The largest absolute Gasteiger partial charge is 0.481 e. The molecule has 17 heavy (non-hydrogen) atoms. The van der Waals surface area contributed by atoms with Crippen molar-refractivity contribution < 1.29 is 14.7 Å². The summed E-state index contributed by atoms with van der Waals surface area (Å²) >= 11 is 0. The molecule has 7 heteroatoms. The van der Waals surface area contributed by atoms with Gasteiger partial charge in [-0.25, -0.2) is 4.79 Å². The van der Waals surface area contributed by atoms with Crippen LogP contribution in [0.25, 0.3) is 0 Å². The van der Waals surface area contributed by atoms with E-state index in [1.54, 1.807) is 0 Å². The van der Waals surface area contributed by atoms with Gasteiger partial charge in [-0.2, -0.15) is 0 Å². The Labute approximate surface area is 97.2 Å². The Morgan fingerprint density at radius 2 is 2.24 bits per heavy atom. The Hall–Kier alpha value is -2.05. The van der Waals surface area contributed by atoms with E-state index in [9.17, 15) is 14.4 Å². The number of aromatic nitrogens is 2. The van der Waals surface area contributed by atoms with Crippen LogP contribution in [-0.4, -0.2) is 33.5 Å². The highest BCUT2D eigenvalue weighted by molar-refractivity contribution is 5.91. The van der Waals surface area contributed by atoms with Gasteiger partial charge in [0, 0.05) is 19.2 Å². The molecule has 0 aromatic carbocycles. The van der Waals surface area contributed by atoms with Crippen LogP contribution < -0.4 is 11.0 Å². The van der Waals surface area contributed by atoms with Gasteiger partial charge in [-0.05, 0) is 5.92 Å². The molecular weight excluding hydrogens is 226 g/mol. The molecule has 0 saturated heterocycles. The van der Waals surface area contributed by atoms with E-state index in [2.05, 4.69) is 15.3 Å². The van der Waals surface area contributed by atoms with Crippen molar-refractivity contribution in [1.82, 2.24) is 15.3 Å². The molecule has 1 aromatic heterocycles. The van der Waals surface area contributed by atoms with Gasteiger partial charge in [-0.15, -0.1) is 0 Å². The van der Waals surface area contributed by atoms with Crippen LogP contribution in [0.15, 0.2) is 11.0 Å². The average molecular weight is 241 g/mol. The summed E-state index contributed by atoms with van der Waals surface area (Å²) in [6, 6.07) is 0. The van der Waals surface area contributed by atoms with E-state index < -0.39 is 17.6 Å². The lowest BCUT2D eigenvalue weighted by atomic mass is 10.0. The van der Waals surface area contributed by atoms with Crippen molar-refractivity contribution in [3.8, 4) is 0 Å². The minimum atomic E-state index is -0.888. The number of nitrogens with one attached hydrogen (secondary N) is 3. The Morgan fingerprint density at radius 3 is 2.71 bits per heavy atom. The highest BCUT2D eigenvalue weighted by atomic mass is 16.4. The predicted octanol–water partition coefficient (Wildman–Crippen LogP) is -0.0663. The number of amides is 1. The van der Waals surface area contributed by atoms with E-state index >= 15 is 0 Å². The molecule has 0 fully saturated rings. The van der Waals surface area contributed by atoms with Crippen molar-refractivity contribution in [2.75, 3.05) is 6.54 Å². The van der Waals surface area contributed by atoms with E-state index in [0.29, 0.717) is 6.42 Å². The average Bonchev–Trinajstić information content (AvgIpc) is 2.70. The maximum atomic E-state index is 11.5.